The summed E-state index contributed by atoms with van der Waals surface area (Å²) < 4.78 is 60.4. The van der Waals surface area contributed by atoms with E-state index < -0.39 is 21.5 Å². The Morgan fingerprint density at radius 1 is 1.29 bits per heavy atom. The van der Waals surface area contributed by atoms with Crippen molar-refractivity contribution in [3.8, 4) is 0 Å². The number of alkyl halides is 2. The Labute approximate surface area is 98.4 Å². The largest absolute Gasteiger partial charge is 0.483 e. The van der Waals surface area contributed by atoms with E-state index >= 15 is 0 Å². The van der Waals surface area contributed by atoms with Gasteiger partial charge >= 0.3 is 15.4 Å². The molecule has 0 radical (unpaired) electrons. The van der Waals surface area contributed by atoms with E-state index in [4.69, 9.17) is 9.29 Å². The highest BCUT2D eigenvalue weighted by atomic mass is 32.2. The molecule has 1 atom stereocenters. The van der Waals surface area contributed by atoms with Gasteiger partial charge in [0.05, 0.1) is 0 Å². The lowest BCUT2D eigenvalue weighted by atomic mass is 9.86. The van der Waals surface area contributed by atoms with Crippen LogP contribution in [0.3, 0.4) is 0 Å². The van der Waals surface area contributed by atoms with E-state index in [1.807, 2.05) is 0 Å². The minimum atomic E-state index is -5.42. The van der Waals surface area contributed by atoms with Crippen molar-refractivity contribution < 1.29 is 26.5 Å². The van der Waals surface area contributed by atoms with Crippen molar-refractivity contribution in [3.63, 3.8) is 0 Å². The molecule has 1 fully saturated rings. The maximum absolute atomic E-state index is 13.1. The van der Waals surface area contributed by atoms with Crippen molar-refractivity contribution in [2.24, 2.45) is 5.92 Å². The average Bonchev–Trinajstić information content (AvgIpc) is 2.14. The van der Waals surface area contributed by atoms with Crippen LogP contribution >= 0.6 is 0 Å². The molecule has 0 aromatic rings. The fraction of sp³-hybridized carbons (Fsp3) is 0.800. The molecular weight excluding hydrogens is 254 g/mol. The SMILES string of the molecule is O=S(=O)(O)C(F)(F)C1C=C(C2CCCCC2)O1. The van der Waals surface area contributed by atoms with Gasteiger partial charge in [0.1, 0.15) is 5.76 Å². The molecule has 4 nitrogen and oxygen atoms in total. The highest BCUT2D eigenvalue weighted by Gasteiger charge is 2.56. The second kappa shape index (κ2) is 4.20. The number of halogens is 2. The lowest BCUT2D eigenvalue weighted by Gasteiger charge is -2.36. The Kier molecular flexibility index (Phi) is 3.15. The summed E-state index contributed by atoms with van der Waals surface area (Å²) in [6.45, 7) is 0. The van der Waals surface area contributed by atoms with Crippen LogP contribution in [0.1, 0.15) is 32.1 Å². The summed E-state index contributed by atoms with van der Waals surface area (Å²) in [7, 11) is -5.42. The number of rotatable bonds is 3. The zero-order valence-corrected chi connectivity index (χ0v) is 9.92. The van der Waals surface area contributed by atoms with Gasteiger partial charge in [-0.1, -0.05) is 19.3 Å². The topological polar surface area (TPSA) is 63.6 Å². The van der Waals surface area contributed by atoms with Crippen molar-refractivity contribution in [3.05, 3.63) is 11.8 Å². The molecule has 1 aliphatic carbocycles. The fourth-order valence-electron chi connectivity index (χ4n) is 2.23. The van der Waals surface area contributed by atoms with Crippen LogP contribution in [0.2, 0.25) is 0 Å². The van der Waals surface area contributed by atoms with Gasteiger partial charge in [-0.3, -0.25) is 4.55 Å². The van der Waals surface area contributed by atoms with Crippen molar-refractivity contribution in [1.82, 2.24) is 0 Å². The first kappa shape index (κ1) is 12.8. The maximum Gasteiger partial charge on any atom is 0.409 e. The summed E-state index contributed by atoms with van der Waals surface area (Å²) in [5.41, 5.74) is 0. The number of hydrogen-bond donors (Lipinski definition) is 1. The lowest BCUT2D eigenvalue weighted by Crippen LogP contribution is -2.46. The van der Waals surface area contributed by atoms with Crippen LogP contribution in [0.4, 0.5) is 8.78 Å². The quantitative estimate of drug-likeness (QED) is 0.798. The maximum atomic E-state index is 13.1. The molecule has 1 heterocycles. The Morgan fingerprint density at radius 2 is 1.82 bits per heavy atom. The van der Waals surface area contributed by atoms with Gasteiger partial charge in [-0.15, -0.1) is 0 Å². The molecule has 0 aromatic carbocycles. The summed E-state index contributed by atoms with van der Waals surface area (Å²) in [6.07, 6.45) is 4.23. The average molecular weight is 268 g/mol. The number of allylic oxidation sites excluding steroid dienone is 1. The molecule has 7 heteroatoms. The molecule has 0 bridgehead atoms. The molecule has 98 valence electrons. The minimum absolute atomic E-state index is 0.122. The van der Waals surface area contributed by atoms with Crippen LogP contribution in [0.5, 0.6) is 0 Å². The lowest BCUT2D eigenvalue weighted by molar-refractivity contribution is -0.0743. The highest BCUT2D eigenvalue weighted by molar-refractivity contribution is 7.86. The van der Waals surface area contributed by atoms with Gasteiger partial charge in [-0.05, 0) is 12.8 Å². The van der Waals surface area contributed by atoms with Crippen molar-refractivity contribution in [2.75, 3.05) is 0 Å². The molecule has 2 aliphatic rings. The smallest absolute Gasteiger partial charge is 0.409 e. The minimum Gasteiger partial charge on any atom is -0.483 e. The fourth-order valence-corrected chi connectivity index (χ4v) is 2.64. The van der Waals surface area contributed by atoms with Gasteiger partial charge < -0.3 is 4.74 Å². The highest BCUT2D eigenvalue weighted by Crippen LogP contribution is 2.41. The van der Waals surface area contributed by atoms with E-state index in [2.05, 4.69) is 0 Å². The normalized spacial score (nSPS) is 27.0. The Morgan fingerprint density at radius 3 is 2.29 bits per heavy atom. The molecule has 1 saturated carbocycles. The first-order chi connectivity index (χ1) is 7.82. The van der Waals surface area contributed by atoms with Crippen LogP contribution in [-0.4, -0.2) is 24.3 Å². The van der Waals surface area contributed by atoms with Gasteiger partial charge in [0.2, 0.25) is 6.10 Å². The molecule has 1 N–H and O–H groups in total. The Balaban J connectivity index is 2.03. The summed E-state index contributed by atoms with van der Waals surface area (Å²) in [5, 5.41) is -4.26. The van der Waals surface area contributed by atoms with Gasteiger partial charge in [0.15, 0.2) is 0 Å². The van der Waals surface area contributed by atoms with Gasteiger partial charge in [0.25, 0.3) is 0 Å². The summed E-state index contributed by atoms with van der Waals surface area (Å²) >= 11 is 0. The number of ether oxygens (including phenoxy) is 1. The molecule has 17 heavy (non-hydrogen) atoms. The summed E-state index contributed by atoms with van der Waals surface area (Å²) in [5.74, 6) is 0.565. The van der Waals surface area contributed by atoms with Crippen LogP contribution in [-0.2, 0) is 14.9 Å². The predicted molar refractivity (Wildman–Crippen MR) is 56.0 cm³/mol. The second-order valence-corrected chi connectivity index (χ2v) is 5.97. The summed E-state index contributed by atoms with van der Waals surface area (Å²) in [4.78, 5) is 0. The monoisotopic (exact) mass is 268 g/mol. The van der Waals surface area contributed by atoms with Gasteiger partial charge in [-0.25, -0.2) is 0 Å². The van der Waals surface area contributed by atoms with Crippen LogP contribution in [0.25, 0.3) is 0 Å². The first-order valence-electron chi connectivity index (χ1n) is 5.55. The standard InChI is InChI=1S/C10H14F2O4S/c11-10(12,17(13,14)15)9-6-8(16-9)7-4-2-1-3-5-7/h6-7,9H,1-5H2,(H,13,14,15). The van der Waals surface area contributed by atoms with Crippen molar-refractivity contribution in [1.29, 1.82) is 0 Å². The third-order valence-electron chi connectivity index (χ3n) is 3.26. The van der Waals surface area contributed by atoms with E-state index in [1.54, 1.807) is 0 Å². The third kappa shape index (κ3) is 2.30. The van der Waals surface area contributed by atoms with E-state index in [9.17, 15) is 17.2 Å². The molecule has 1 unspecified atom stereocenters. The van der Waals surface area contributed by atoms with E-state index in [1.165, 1.54) is 0 Å². The molecule has 0 amide bonds. The zero-order chi connectivity index (χ0) is 12.7. The van der Waals surface area contributed by atoms with Gasteiger partial charge in [-0.2, -0.15) is 17.2 Å². The van der Waals surface area contributed by atoms with E-state index in [0.717, 1.165) is 38.2 Å². The Hall–Kier alpha value is -0.690. The van der Waals surface area contributed by atoms with E-state index in [0.29, 0.717) is 5.76 Å². The summed E-state index contributed by atoms with van der Waals surface area (Å²) in [6, 6.07) is 0. The predicted octanol–water partition coefficient (Wildman–Crippen LogP) is 2.33. The van der Waals surface area contributed by atoms with Crippen molar-refractivity contribution in [2.45, 2.75) is 43.5 Å². The molecule has 0 aromatic heterocycles. The van der Waals surface area contributed by atoms with Crippen LogP contribution in [0, 0.1) is 5.92 Å². The first-order valence-corrected chi connectivity index (χ1v) is 6.99. The Bertz CT molecular complexity index is 424. The van der Waals surface area contributed by atoms with Crippen LogP contribution in [0.15, 0.2) is 11.8 Å². The van der Waals surface area contributed by atoms with E-state index in [-0.39, 0.29) is 5.92 Å². The molecule has 1 aliphatic heterocycles. The number of hydrogen-bond acceptors (Lipinski definition) is 3. The molecule has 0 spiro atoms. The van der Waals surface area contributed by atoms with Gasteiger partial charge in [0, 0.05) is 12.0 Å². The molecular formula is C10H14F2O4S. The third-order valence-corrected chi connectivity index (χ3v) is 4.18. The van der Waals surface area contributed by atoms with Crippen LogP contribution < -0.4 is 0 Å². The molecule has 0 saturated heterocycles. The zero-order valence-electron chi connectivity index (χ0n) is 9.10. The second-order valence-electron chi connectivity index (χ2n) is 4.48. The van der Waals surface area contributed by atoms with Crippen molar-refractivity contribution >= 4 is 10.1 Å². The molecule has 2 rings (SSSR count).